The number of amides is 2. The number of benzene rings is 3. The molecule has 0 aromatic heterocycles. The lowest BCUT2D eigenvalue weighted by atomic mass is 10.1. The molecule has 8 heteroatoms. The average molecular weight is 492 g/mol. The molecule has 0 spiro atoms. The molecule has 0 radical (unpaired) electrons. The molecule has 4 rings (SSSR count). The lowest BCUT2D eigenvalue weighted by Crippen LogP contribution is -2.31. The number of aliphatic imine (C=N–C) groups is 1. The van der Waals surface area contributed by atoms with Crippen LogP contribution in [0, 0.1) is 0 Å². The van der Waals surface area contributed by atoms with Crippen molar-refractivity contribution in [3.63, 3.8) is 0 Å². The highest BCUT2D eigenvalue weighted by Crippen LogP contribution is 2.35. The fourth-order valence-electron chi connectivity index (χ4n) is 3.31. The third kappa shape index (κ3) is 6.07. The molecular formula is C26H22ClN3O3S. The summed E-state index contributed by atoms with van der Waals surface area (Å²) in [6, 6.07) is 24.7. The molecule has 0 aliphatic carbocycles. The van der Waals surface area contributed by atoms with Crippen LogP contribution in [0.1, 0.15) is 11.1 Å². The number of nitrogens with zero attached hydrogens (tertiary/aromatic N) is 2. The summed E-state index contributed by atoms with van der Waals surface area (Å²) in [4.78, 5) is 31.2. The largest absolute Gasteiger partial charge is 0.482 e. The van der Waals surface area contributed by atoms with Gasteiger partial charge in [0.2, 0.25) is 0 Å². The summed E-state index contributed by atoms with van der Waals surface area (Å²) in [5, 5.41) is 0.955. The summed E-state index contributed by atoms with van der Waals surface area (Å²) in [5.41, 5.74) is 7.78. The number of amidine groups is 1. The molecular weight excluding hydrogens is 470 g/mol. The summed E-state index contributed by atoms with van der Waals surface area (Å²) in [6.45, 7) is 0.254. The molecule has 2 amide bonds. The first-order valence-corrected chi connectivity index (χ1v) is 11.8. The zero-order chi connectivity index (χ0) is 23.9. The van der Waals surface area contributed by atoms with Crippen LogP contribution in [0.15, 0.2) is 88.8 Å². The first-order chi connectivity index (χ1) is 16.5. The minimum atomic E-state index is -0.587. The molecule has 2 N–H and O–H groups in total. The highest BCUT2D eigenvalue weighted by atomic mass is 35.5. The van der Waals surface area contributed by atoms with Gasteiger partial charge in [-0.3, -0.25) is 14.5 Å². The SMILES string of the molecule is NC(=O)COc1ccc(C=C2SC(=Nc3ccccc3)N(CCc3ccccc3)C2=O)cc1Cl. The number of rotatable bonds is 8. The van der Waals surface area contributed by atoms with Crippen LogP contribution in [-0.2, 0) is 16.0 Å². The Morgan fingerprint density at radius 3 is 2.44 bits per heavy atom. The van der Waals surface area contributed by atoms with Crippen molar-refractivity contribution in [1.29, 1.82) is 0 Å². The molecule has 1 heterocycles. The van der Waals surface area contributed by atoms with E-state index in [1.165, 1.54) is 11.8 Å². The van der Waals surface area contributed by atoms with Gasteiger partial charge in [-0.05, 0) is 59.7 Å². The molecule has 34 heavy (non-hydrogen) atoms. The number of thioether (sulfide) groups is 1. The Kier molecular flexibility index (Phi) is 7.67. The molecule has 0 atom stereocenters. The van der Waals surface area contributed by atoms with E-state index in [2.05, 4.69) is 0 Å². The molecule has 1 fully saturated rings. The zero-order valence-corrected chi connectivity index (χ0v) is 19.8. The molecule has 172 valence electrons. The number of hydrogen-bond donors (Lipinski definition) is 1. The Bertz CT molecular complexity index is 1250. The minimum Gasteiger partial charge on any atom is -0.482 e. The summed E-state index contributed by atoms with van der Waals surface area (Å²) < 4.78 is 5.29. The van der Waals surface area contributed by atoms with Gasteiger partial charge in [-0.25, -0.2) is 4.99 Å². The Morgan fingerprint density at radius 2 is 1.76 bits per heavy atom. The van der Waals surface area contributed by atoms with Crippen molar-refractivity contribution in [1.82, 2.24) is 4.90 Å². The number of carbonyl (C=O) groups excluding carboxylic acids is 2. The molecule has 6 nitrogen and oxygen atoms in total. The number of carbonyl (C=O) groups is 2. The van der Waals surface area contributed by atoms with Crippen molar-refractivity contribution in [3.8, 4) is 5.75 Å². The van der Waals surface area contributed by atoms with E-state index in [1.807, 2.05) is 60.7 Å². The van der Waals surface area contributed by atoms with Crippen molar-refractivity contribution >= 4 is 52.1 Å². The highest BCUT2D eigenvalue weighted by Gasteiger charge is 2.33. The van der Waals surface area contributed by atoms with E-state index in [0.29, 0.717) is 33.8 Å². The van der Waals surface area contributed by atoms with Gasteiger partial charge in [-0.2, -0.15) is 0 Å². The lowest BCUT2D eigenvalue weighted by Gasteiger charge is -2.15. The van der Waals surface area contributed by atoms with Crippen LogP contribution in [0.2, 0.25) is 5.02 Å². The second-order valence-corrected chi connectivity index (χ2v) is 8.89. The molecule has 1 aliphatic rings. The molecule has 3 aromatic carbocycles. The maximum Gasteiger partial charge on any atom is 0.266 e. The van der Waals surface area contributed by atoms with Gasteiger partial charge in [0.05, 0.1) is 15.6 Å². The summed E-state index contributed by atoms with van der Waals surface area (Å²) in [7, 11) is 0. The van der Waals surface area contributed by atoms with E-state index < -0.39 is 5.91 Å². The van der Waals surface area contributed by atoms with E-state index in [4.69, 9.17) is 27.1 Å². The Morgan fingerprint density at radius 1 is 1.06 bits per heavy atom. The Balaban J connectivity index is 1.58. The monoisotopic (exact) mass is 491 g/mol. The van der Waals surface area contributed by atoms with E-state index in [1.54, 1.807) is 29.2 Å². The molecule has 1 saturated heterocycles. The maximum absolute atomic E-state index is 13.3. The number of ether oxygens (including phenoxy) is 1. The topological polar surface area (TPSA) is 85.0 Å². The third-order valence-electron chi connectivity index (χ3n) is 4.96. The van der Waals surface area contributed by atoms with Crippen LogP contribution < -0.4 is 10.5 Å². The standard InChI is InChI=1S/C26H22ClN3O3S/c27-21-15-19(11-12-22(21)33-17-24(28)31)16-23-25(32)30(14-13-18-7-3-1-4-8-18)26(34-23)29-20-9-5-2-6-10-20/h1-12,15-16H,13-14,17H2,(H2,28,31). The van der Waals surface area contributed by atoms with Crippen LogP contribution >= 0.6 is 23.4 Å². The summed E-state index contributed by atoms with van der Waals surface area (Å²) in [6.07, 6.45) is 2.49. The molecule has 3 aromatic rings. The van der Waals surface area contributed by atoms with Gasteiger partial charge in [0.15, 0.2) is 11.8 Å². The lowest BCUT2D eigenvalue weighted by molar-refractivity contribution is -0.122. The molecule has 0 unspecified atom stereocenters. The minimum absolute atomic E-state index is 0.110. The van der Waals surface area contributed by atoms with Gasteiger partial charge < -0.3 is 10.5 Å². The molecule has 0 saturated carbocycles. The van der Waals surface area contributed by atoms with Crippen LogP contribution in [0.25, 0.3) is 6.08 Å². The number of halogens is 1. The zero-order valence-electron chi connectivity index (χ0n) is 18.2. The Hall–Kier alpha value is -3.55. The van der Waals surface area contributed by atoms with Gasteiger partial charge in [0.1, 0.15) is 5.75 Å². The van der Waals surface area contributed by atoms with Crippen molar-refractivity contribution in [3.05, 3.63) is 99.9 Å². The summed E-state index contributed by atoms with van der Waals surface area (Å²) in [5.74, 6) is -0.347. The first kappa shape index (κ1) is 23.6. The Labute approximate surface area is 207 Å². The molecule has 0 bridgehead atoms. The van der Waals surface area contributed by atoms with Gasteiger partial charge in [0.25, 0.3) is 11.8 Å². The van der Waals surface area contributed by atoms with E-state index in [-0.39, 0.29) is 12.5 Å². The number of nitrogens with two attached hydrogens (primary N) is 1. The van der Waals surface area contributed by atoms with Crippen molar-refractivity contribution < 1.29 is 14.3 Å². The number of para-hydroxylation sites is 1. The molecule has 1 aliphatic heterocycles. The number of hydrogen-bond acceptors (Lipinski definition) is 5. The first-order valence-electron chi connectivity index (χ1n) is 10.6. The van der Waals surface area contributed by atoms with Gasteiger partial charge in [-0.1, -0.05) is 66.2 Å². The van der Waals surface area contributed by atoms with Gasteiger partial charge in [0, 0.05) is 6.54 Å². The van der Waals surface area contributed by atoms with E-state index >= 15 is 0 Å². The fourth-order valence-corrected chi connectivity index (χ4v) is 4.58. The predicted molar refractivity (Wildman–Crippen MR) is 137 cm³/mol. The quantitative estimate of drug-likeness (QED) is 0.447. The van der Waals surface area contributed by atoms with Gasteiger partial charge >= 0.3 is 0 Å². The van der Waals surface area contributed by atoms with Gasteiger partial charge in [-0.15, -0.1) is 0 Å². The smallest absolute Gasteiger partial charge is 0.266 e. The van der Waals surface area contributed by atoms with Crippen LogP contribution in [0.5, 0.6) is 5.75 Å². The normalized spacial score (nSPS) is 15.8. The van der Waals surface area contributed by atoms with Crippen molar-refractivity contribution in [2.75, 3.05) is 13.2 Å². The van der Waals surface area contributed by atoms with Crippen LogP contribution in [-0.4, -0.2) is 35.0 Å². The van der Waals surface area contributed by atoms with Crippen molar-refractivity contribution in [2.24, 2.45) is 10.7 Å². The highest BCUT2D eigenvalue weighted by molar-refractivity contribution is 8.18. The average Bonchev–Trinajstić information content (AvgIpc) is 3.12. The third-order valence-corrected chi connectivity index (χ3v) is 6.26. The number of primary amides is 1. The second kappa shape index (κ2) is 11.0. The second-order valence-electron chi connectivity index (χ2n) is 7.48. The van der Waals surface area contributed by atoms with E-state index in [0.717, 1.165) is 16.8 Å². The van der Waals surface area contributed by atoms with Crippen molar-refractivity contribution in [2.45, 2.75) is 6.42 Å². The van der Waals surface area contributed by atoms with E-state index in [9.17, 15) is 9.59 Å². The van der Waals surface area contributed by atoms with Crippen LogP contribution in [0.4, 0.5) is 5.69 Å². The predicted octanol–water partition coefficient (Wildman–Crippen LogP) is 5.05. The van der Waals surface area contributed by atoms with Crippen LogP contribution in [0.3, 0.4) is 0 Å². The fraction of sp³-hybridized carbons (Fsp3) is 0.115. The maximum atomic E-state index is 13.3. The summed E-state index contributed by atoms with van der Waals surface area (Å²) >= 11 is 7.61.